The standard InChI is InChI=1S/C19H23N3O3S/c20-19(23)15-8-10-21(11-9-15)16-12-22(13-16)26(24,25)18-7-3-5-14-4-1-2-6-17(14)18/h1-7,15-16H,8-13H2,(H2,20,23). The van der Waals surface area contributed by atoms with E-state index >= 15 is 0 Å². The Morgan fingerprint density at radius 1 is 1.00 bits per heavy atom. The second-order valence-corrected chi connectivity index (χ2v) is 9.07. The molecule has 7 heteroatoms. The summed E-state index contributed by atoms with van der Waals surface area (Å²) in [5.74, 6) is -0.264. The predicted octanol–water partition coefficient (Wildman–Crippen LogP) is 1.41. The van der Waals surface area contributed by atoms with Gasteiger partial charge >= 0.3 is 0 Å². The zero-order valence-corrected chi connectivity index (χ0v) is 15.4. The summed E-state index contributed by atoms with van der Waals surface area (Å²) in [4.78, 5) is 13.9. The molecule has 2 saturated heterocycles. The van der Waals surface area contributed by atoms with E-state index in [1.54, 1.807) is 16.4 Å². The average molecular weight is 373 g/mol. The Balaban J connectivity index is 1.46. The van der Waals surface area contributed by atoms with Gasteiger partial charge in [-0.1, -0.05) is 36.4 Å². The molecule has 0 atom stereocenters. The van der Waals surface area contributed by atoms with Crippen LogP contribution in [0.15, 0.2) is 47.4 Å². The number of benzene rings is 2. The van der Waals surface area contributed by atoms with Crippen molar-refractivity contribution in [2.24, 2.45) is 11.7 Å². The van der Waals surface area contributed by atoms with Crippen molar-refractivity contribution in [2.75, 3.05) is 26.2 Å². The molecule has 0 unspecified atom stereocenters. The maximum Gasteiger partial charge on any atom is 0.243 e. The van der Waals surface area contributed by atoms with Crippen molar-refractivity contribution in [2.45, 2.75) is 23.8 Å². The Hall–Kier alpha value is -1.96. The van der Waals surface area contributed by atoms with Crippen molar-refractivity contribution in [1.29, 1.82) is 0 Å². The molecule has 1 amide bonds. The molecule has 0 spiro atoms. The highest BCUT2D eigenvalue weighted by molar-refractivity contribution is 7.89. The lowest BCUT2D eigenvalue weighted by Crippen LogP contribution is -2.62. The number of fused-ring (bicyclic) bond motifs is 1. The molecule has 2 aliphatic heterocycles. The number of hydrogen-bond donors (Lipinski definition) is 1. The van der Waals surface area contributed by atoms with Gasteiger partial charge in [0.15, 0.2) is 0 Å². The molecular weight excluding hydrogens is 350 g/mol. The van der Waals surface area contributed by atoms with Crippen molar-refractivity contribution < 1.29 is 13.2 Å². The molecule has 2 N–H and O–H groups in total. The monoisotopic (exact) mass is 373 g/mol. The fourth-order valence-electron chi connectivity index (χ4n) is 3.95. The second-order valence-electron chi connectivity index (χ2n) is 7.17. The molecule has 2 aromatic rings. The third-order valence-electron chi connectivity index (χ3n) is 5.64. The van der Waals surface area contributed by atoms with Gasteiger partial charge < -0.3 is 5.73 Å². The number of nitrogens with two attached hydrogens (primary N) is 1. The number of likely N-dealkylation sites (tertiary alicyclic amines) is 1. The summed E-state index contributed by atoms with van der Waals surface area (Å²) in [6.45, 7) is 2.63. The lowest BCUT2D eigenvalue weighted by molar-refractivity contribution is -0.123. The van der Waals surface area contributed by atoms with E-state index in [1.165, 1.54) is 0 Å². The van der Waals surface area contributed by atoms with Crippen LogP contribution in [-0.4, -0.2) is 55.8 Å². The molecule has 0 saturated carbocycles. The summed E-state index contributed by atoms with van der Waals surface area (Å²) >= 11 is 0. The van der Waals surface area contributed by atoms with Crippen LogP contribution < -0.4 is 5.73 Å². The topological polar surface area (TPSA) is 83.7 Å². The highest BCUT2D eigenvalue weighted by atomic mass is 32.2. The van der Waals surface area contributed by atoms with Crippen LogP contribution in [0.1, 0.15) is 12.8 Å². The maximum absolute atomic E-state index is 13.0. The first kappa shape index (κ1) is 17.5. The number of primary amides is 1. The molecule has 2 aromatic carbocycles. The Morgan fingerprint density at radius 3 is 2.35 bits per heavy atom. The van der Waals surface area contributed by atoms with E-state index in [1.807, 2.05) is 30.3 Å². The largest absolute Gasteiger partial charge is 0.369 e. The first-order chi connectivity index (χ1) is 12.5. The molecule has 2 fully saturated rings. The van der Waals surface area contributed by atoms with E-state index < -0.39 is 10.0 Å². The molecule has 4 rings (SSSR count). The number of rotatable bonds is 4. The number of hydrogen-bond acceptors (Lipinski definition) is 4. The van der Waals surface area contributed by atoms with Gasteiger partial charge in [-0.3, -0.25) is 9.69 Å². The number of amides is 1. The van der Waals surface area contributed by atoms with Crippen molar-refractivity contribution in [3.05, 3.63) is 42.5 Å². The molecule has 2 heterocycles. The van der Waals surface area contributed by atoms with Gasteiger partial charge in [-0.25, -0.2) is 8.42 Å². The van der Waals surface area contributed by atoms with Crippen LogP contribution in [0, 0.1) is 5.92 Å². The SMILES string of the molecule is NC(=O)C1CCN(C2CN(S(=O)(=O)c3cccc4ccccc34)C2)CC1. The Labute approximate surface area is 153 Å². The van der Waals surface area contributed by atoms with Gasteiger partial charge in [-0.05, 0) is 37.4 Å². The third kappa shape index (κ3) is 3.00. The van der Waals surface area contributed by atoms with Gasteiger partial charge in [0.1, 0.15) is 0 Å². The fraction of sp³-hybridized carbons (Fsp3) is 0.421. The molecule has 0 radical (unpaired) electrons. The summed E-state index contributed by atoms with van der Waals surface area (Å²) < 4.78 is 27.6. The van der Waals surface area contributed by atoms with Crippen molar-refractivity contribution in [3.8, 4) is 0 Å². The minimum Gasteiger partial charge on any atom is -0.369 e. The number of carbonyl (C=O) groups excluding carboxylic acids is 1. The smallest absolute Gasteiger partial charge is 0.243 e. The van der Waals surface area contributed by atoms with Gasteiger partial charge in [-0.2, -0.15) is 4.31 Å². The average Bonchev–Trinajstić information content (AvgIpc) is 2.60. The van der Waals surface area contributed by atoms with E-state index in [0.717, 1.165) is 36.7 Å². The number of carbonyl (C=O) groups is 1. The van der Waals surface area contributed by atoms with E-state index in [-0.39, 0.29) is 17.9 Å². The van der Waals surface area contributed by atoms with Crippen LogP contribution in [0.3, 0.4) is 0 Å². The second kappa shape index (κ2) is 6.64. The van der Waals surface area contributed by atoms with E-state index in [4.69, 9.17) is 5.73 Å². The van der Waals surface area contributed by atoms with Crippen LogP contribution in [-0.2, 0) is 14.8 Å². The first-order valence-corrected chi connectivity index (χ1v) is 10.4. The van der Waals surface area contributed by atoms with Crippen molar-refractivity contribution in [1.82, 2.24) is 9.21 Å². The Bertz CT molecular complexity index is 925. The van der Waals surface area contributed by atoms with Crippen LogP contribution >= 0.6 is 0 Å². The lowest BCUT2D eigenvalue weighted by Gasteiger charge is -2.46. The predicted molar refractivity (Wildman–Crippen MR) is 100.0 cm³/mol. The maximum atomic E-state index is 13.0. The number of sulfonamides is 1. The van der Waals surface area contributed by atoms with Crippen LogP contribution in [0.25, 0.3) is 10.8 Å². The third-order valence-corrected chi connectivity index (χ3v) is 7.53. The Morgan fingerprint density at radius 2 is 1.65 bits per heavy atom. The van der Waals surface area contributed by atoms with Crippen LogP contribution in [0.4, 0.5) is 0 Å². The zero-order valence-electron chi connectivity index (χ0n) is 14.5. The lowest BCUT2D eigenvalue weighted by atomic mass is 9.94. The molecule has 2 aliphatic rings. The zero-order chi connectivity index (χ0) is 18.3. The van der Waals surface area contributed by atoms with Gasteiger partial charge in [0.05, 0.1) is 4.90 Å². The van der Waals surface area contributed by atoms with E-state index in [0.29, 0.717) is 18.0 Å². The molecular formula is C19H23N3O3S. The van der Waals surface area contributed by atoms with E-state index in [2.05, 4.69) is 4.90 Å². The molecule has 0 aliphatic carbocycles. The minimum absolute atomic E-state index is 0.0400. The normalized spacial score (nSPS) is 20.9. The summed E-state index contributed by atoms with van der Waals surface area (Å²) in [6.07, 6.45) is 1.53. The number of nitrogens with zero attached hydrogens (tertiary/aromatic N) is 2. The highest BCUT2D eigenvalue weighted by Crippen LogP contribution is 2.30. The summed E-state index contributed by atoms with van der Waals surface area (Å²) in [7, 11) is -3.49. The van der Waals surface area contributed by atoms with Crippen LogP contribution in [0.5, 0.6) is 0 Å². The molecule has 0 aromatic heterocycles. The molecule has 26 heavy (non-hydrogen) atoms. The summed E-state index contributed by atoms with van der Waals surface area (Å²) in [6, 6.07) is 13.2. The molecule has 6 nitrogen and oxygen atoms in total. The number of piperidine rings is 1. The first-order valence-electron chi connectivity index (χ1n) is 8.98. The van der Waals surface area contributed by atoms with Gasteiger partial charge in [0.25, 0.3) is 0 Å². The van der Waals surface area contributed by atoms with Crippen molar-refractivity contribution >= 4 is 26.7 Å². The summed E-state index contributed by atoms with van der Waals surface area (Å²) in [5, 5.41) is 1.69. The molecule has 0 bridgehead atoms. The minimum atomic E-state index is -3.49. The quantitative estimate of drug-likeness (QED) is 0.878. The summed E-state index contributed by atoms with van der Waals surface area (Å²) in [5.41, 5.74) is 5.38. The van der Waals surface area contributed by atoms with Gasteiger partial charge in [-0.15, -0.1) is 0 Å². The van der Waals surface area contributed by atoms with Crippen molar-refractivity contribution in [3.63, 3.8) is 0 Å². The molecule has 138 valence electrons. The Kier molecular flexibility index (Phi) is 4.46. The van der Waals surface area contributed by atoms with Gasteiger partial charge in [0.2, 0.25) is 15.9 Å². The van der Waals surface area contributed by atoms with E-state index in [9.17, 15) is 13.2 Å². The van der Waals surface area contributed by atoms with Crippen LogP contribution in [0.2, 0.25) is 0 Å². The van der Waals surface area contributed by atoms with Gasteiger partial charge in [0, 0.05) is 30.4 Å². The highest BCUT2D eigenvalue weighted by Gasteiger charge is 2.41. The fourth-order valence-corrected chi connectivity index (χ4v) is 5.68.